The Morgan fingerprint density at radius 1 is 1.08 bits per heavy atom. The number of carbonyl (C=O) groups is 2. The zero-order chi connectivity index (χ0) is 27.7. The molecule has 0 saturated heterocycles. The van der Waals surface area contributed by atoms with Crippen LogP contribution in [-0.4, -0.2) is 30.0 Å². The molecule has 0 fully saturated rings. The van der Waals surface area contributed by atoms with Crippen molar-refractivity contribution in [1.29, 1.82) is 5.26 Å². The van der Waals surface area contributed by atoms with Gasteiger partial charge in [-0.3, -0.25) is 19.7 Å². The summed E-state index contributed by atoms with van der Waals surface area (Å²) < 4.78 is 12.0. The third kappa shape index (κ3) is 7.78. The van der Waals surface area contributed by atoms with Crippen LogP contribution in [0.2, 0.25) is 0 Å². The van der Waals surface area contributed by atoms with E-state index >= 15 is 0 Å². The van der Waals surface area contributed by atoms with Crippen molar-refractivity contribution >= 4 is 57.5 Å². The maximum atomic E-state index is 12.7. The number of non-ortho nitro benzene ring substituents is 1. The third-order valence-electron chi connectivity index (χ3n) is 5.01. The van der Waals surface area contributed by atoms with E-state index in [1.807, 2.05) is 47.7 Å². The summed E-state index contributed by atoms with van der Waals surface area (Å²) in [7, 11) is 0. The second kappa shape index (κ2) is 13.2. The van der Waals surface area contributed by atoms with Gasteiger partial charge in [-0.05, 0) is 78.4 Å². The highest BCUT2D eigenvalue weighted by atomic mass is 127. The molecular weight excluding hydrogens is 603 g/mol. The number of nitriles is 1. The maximum Gasteiger partial charge on any atom is 0.271 e. The molecule has 0 aliphatic heterocycles. The lowest BCUT2D eigenvalue weighted by molar-refractivity contribution is -0.384. The van der Waals surface area contributed by atoms with Gasteiger partial charge in [0.2, 0.25) is 0 Å². The molecule has 0 aliphatic carbocycles. The van der Waals surface area contributed by atoms with Crippen molar-refractivity contribution in [2.75, 3.05) is 23.8 Å². The number of carbonyl (C=O) groups excluding carboxylic acids is 2. The summed E-state index contributed by atoms with van der Waals surface area (Å²) in [5.74, 6) is -0.386. The van der Waals surface area contributed by atoms with E-state index in [1.165, 1.54) is 30.3 Å². The molecule has 0 aliphatic rings. The molecule has 0 aromatic heterocycles. The van der Waals surface area contributed by atoms with Gasteiger partial charge in [-0.15, -0.1) is 0 Å². The first-order valence-corrected chi connectivity index (χ1v) is 12.4. The predicted octanol–water partition coefficient (Wildman–Crippen LogP) is 5.47. The van der Waals surface area contributed by atoms with Crippen LogP contribution in [-0.2, 0) is 9.59 Å². The highest BCUT2D eigenvalue weighted by molar-refractivity contribution is 14.1. The van der Waals surface area contributed by atoms with Crippen LogP contribution < -0.4 is 20.1 Å². The van der Waals surface area contributed by atoms with Crippen LogP contribution in [0, 0.1) is 31.9 Å². The molecule has 2 N–H and O–H groups in total. The first-order chi connectivity index (χ1) is 18.2. The summed E-state index contributed by atoms with van der Waals surface area (Å²) in [4.78, 5) is 35.4. The molecule has 38 heavy (non-hydrogen) atoms. The summed E-state index contributed by atoms with van der Waals surface area (Å²) in [6.07, 6.45) is 1.37. The topological polar surface area (TPSA) is 144 Å². The summed E-state index contributed by atoms with van der Waals surface area (Å²) in [6, 6.07) is 17.9. The maximum absolute atomic E-state index is 12.7. The molecule has 10 nitrogen and oxygen atoms in total. The van der Waals surface area contributed by atoms with Crippen molar-refractivity contribution in [2.45, 2.75) is 13.8 Å². The van der Waals surface area contributed by atoms with Crippen LogP contribution >= 0.6 is 22.6 Å². The molecular formula is C27H23IN4O6. The number of ether oxygens (including phenoxy) is 2. The average molecular weight is 626 g/mol. The van der Waals surface area contributed by atoms with Gasteiger partial charge >= 0.3 is 0 Å². The molecule has 3 aromatic carbocycles. The fourth-order valence-corrected chi connectivity index (χ4v) is 4.04. The lowest BCUT2D eigenvalue weighted by Gasteiger charge is -2.15. The average Bonchev–Trinajstić information content (AvgIpc) is 2.88. The van der Waals surface area contributed by atoms with E-state index in [0.717, 1.165) is 5.56 Å². The first-order valence-electron chi connectivity index (χ1n) is 11.3. The Hall–Kier alpha value is -4.44. The molecule has 0 atom stereocenters. The number of aryl methyl sites for hydroxylation is 1. The van der Waals surface area contributed by atoms with Crippen LogP contribution in [0.4, 0.5) is 17.1 Å². The molecule has 2 amide bonds. The zero-order valence-corrected chi connectivity index (χ0v) is 22.6. The Bertz CT molecular complexity index is 1430. The molecule has 3 rings (SSSR count). The fourth-order valence-electron chi connectivity index (χ4n) is 3.26. The molecule has 11 heteroatoms. The quantitative estimate of drug-likeness (QED) is 0.0999. The molecule has 0 spiro atoms. The van der Waals surface area contributed by atoms with E-state index in [4.69, 9.17) is 9.47 Å². The smallest absolute Gasteiger partial charge is 0.271 e. The number of amides is 2. The van der Waals surface area contributed by atoms with E-state index in [0.29, 0.717) is 32.9 Å². The Kier molecular flexibility index (Phi) is 9.78. The number of nitrogens with one attached hydrogen (secondary N) is 2. The van der Waals surface area contributed by atoms with E-state index < -0.39 is 10.8 Å². The minimum Gasteiger partial charge on any atom is -0.490 e. The van der Waals surface area contributed by atoms with E-state index in [9.17, 15) is 25.0 Å². The number of rotatable bonds is 10. The van der Waals surface area contributed by atoms with Crippen LogP contribution in [0.25, 0.3) is 6.08 Å². The molecule has 194 valence electrons. The number of hydrogen-bond donors (Lipinski definition) is 2. The van der Waals surface area contributed by atoms with Crippen LogP contribution in [0.15, 0.2) is 66.2 Å². The van der Waals surface area contributed by atoms with Gasteiger partial charge in [-0.2, -0.15) is 5.26 Å². The number of hydrogen-bond acceptors (Lipinski definition) is 7. The van der Waals surface area contributed by atoms with Crippen molar-refractivity contribution in [3.8, 4) is 17.6 Å². The van der Waals surface area contributed by atoms with Gasteiger partial charge in [0.15, 0.2) is 18.1 Å². The van der Waals surface area contributed by atoms with Gasteiger partial charge in [0, 0.05) is 23.5 Å². The standard InChI is InChI=1S/C27H23IN4O6/c1-3-37-24-13-18(11-19(15-29)27(34)31-21-5-4-6-22(14-21)32(35)36)12-23(28)26(24)38-16-25(33)30-20-9-7-17(2)8-10-20/h4-14H,3,16H2,1-2H3,(H,30,33)(H,31,34)/b19-11+. The Morgan fingerprint density at radius 2 is 1.82 bits per heavy atom. The SMILES string of the molecule is CCOc1cc(/C=C(\C#N)C(=O)Nc2cccc([N+](=O)[O-])c2)cc(I)c1OCC(=O)Nc1ccc(C)cc1. The van der Waals surface area contributed by atoms with Crippen molar-refractivity contribution in [3.63, 3.8) is 0 Å². The zero-order valence-electron chi connectivity index (χ0n) is 20.5. The van der Waals surface area contributed by atoms with Crippen LogP contribution in [0.1, 0.15) is 18.1 Å². The van der Waals surface area contributed by atoms with E-state index in [-0.39, 0.29) is 29.5 Å². The van der Waals surface area contributed by atoms with Gasteiger partial charge in [0.05, 0.1) is 15.1 Å². The van der Waals surface area contributed by atoms with Crippen LogP contribution in [0.3, 0.4) is 0 Å². The van der Waals surface area contributed by atoms with Gasteiger partial charge in [0.1, 0.15) is 11.6 Å². The number of nitro benzene ring substituents is 1. The third-order valence-corrected chi connectivity index (χ3v) is 5.81. The van der Waals surface area contributed by atoms with Crippen molar-refractivity contribution in [1.82, 2.24) is 0 Å². The highest BCUT2D eigenvalue weighted by Gasteiger charge is 2.16. The molecule has 0 bridgehead atoms. The number of anilines is 2. The van der Waals surface area contributed by atoms with Crippen LogP contribution in [0.5, 0.6) is 11.5 Å². The monoisotopic (exact) mass is 626 g/mol. The number of nitro groups is 1. The van der Waals surface area contributed by atoms with E-state index in [2.05, 4.69) is 10.6 Å². The summed E-state index contributed by atoms with van der Waals surface area (Å²) in [5.41, 5.74) is 1.98. The second-order valence-corrected chi connectivity index (χ2v) is 9.06. The van der Waals surface area contributed by atoms with E-state index in [1.54, 1.807) is 31.2 Å². The Morgan fingerprint density at radius 3 is 2.47 bits per heavy atom. The van der Waals surface area contributed by atoms with Gasteiger partial charge < -0.3 is 20.1 Å². The second-order valence-electron chi connectivity index (χ2n) is 7.90. The number of benzene rings is 3. The Labute approximate surface area is 232 Å². The number of nitrogens with zero attached hydrogens (tertiary/aromatic N) is 2. The summed E-state index contributed by atoms with van der Waals surface area (Å²) in [5, 5.41) is 25.8. The molecule has 0 radical (unpaired) electrons. The minimum absolute atomic E-state index is 0.183. The van der Waals surface area contributed by atoms with Crippen molar-refractivity contribution in [2.24, 2.45) is 0 Å². The largest absolute Gasteiger partial charge is 0.490 e. The molecule has 0 saturated carbocycles. The Balaban J connectivity index is 1.77. The lowest BCUT2D eigenvalue weighted by Crippen LogP contribution is -2.20. The van der Waals surface area contributed by atoms with Crippen molar-refractivity contribution in [3.05, 3.63) is 91.0 Å². The summed E-state index contributed by atoms with van der Waals surface area (Å²) >= 11 is 2.02. The van der Waals surface area contributed by atoms with Crippen molar-refractivity contribution < 1.29 is 24.0 Å². The predicted molar refractivity (Wildman–Crippen MR) is 151 cm³/mol. The fraction of sp³-hybridized carbons (Fsp3) is 0.148. The number of halogens is 1. The molecule has 3 aromatic rings. The normalized spacial score (nSPS) is 10.7. The van der Waals surface area contributed by atoms with Gasteiger partial charge in [-0.1, -0.05) is 23.8 Å². The highest BCUT2D eigenvalue weighted by Crippen LogP contribution is 2.35. The summed E-state index contributed by atoms with van der Waals surface area (Å²) in [6.45, 7) is 3.80. The first kappa shape index (κ1) is 28.1. The van der Waals surface area contributed by atoms with Gasteiger partial charge in [0.25, 0.3) is 17.5 Å². The minimum atomic E-state index is -0.728. The van der Waals surface area contributed by atoms with Gasteiger partial charge in [-0.25, -0.2) is 0 Å². The molecule has 0 heterocycles. The molecule has 0 unspecified atom stereocenters. The lowest BCUT2D eigenvalue weighted by atomic mass is 10.1.